The number of amides is 2. The van der Waals surface area contributed by atoms with Crippen molar-refractivity contribution < 1.29 is 14.7 Å². The number of nitrogens with zero attached hydrogens (tertiary/aromatic N) is 2. The Morgan fingerprint density at radius 1 is 1.25 bits per heavy atom. The van der Waals surface area contributed by atoms with Gasteiger partial charge in [-0.25, -0.2) is 4.79 Å². The van der Waals surface area contributed by atoms with Gasteiger partial charge in [-0.3, -0.25) is 4.79 Å². The molecular weight excluding hydrogens is 258 g/mol. The molecule has 6 nitrogen and oxygen atoms in total. The molecule has 0 spiro atoms. The van der Waals surface area contributed by atoms with E-state index in [1.165, 1.54) is 6.42 Å². The number of piperidine rings is 1. The highest BCUT2D eigenvalue weighted by Gasteiger charge is 2.30. The maximum absolute atomic E-state index is 12.2. The topological polar surface area (TPSA) is 72.9 Å². The standard InChI is InChI=1S/C14H25N3O3/c1-16-6-2-4-11(10-16)9-15-14(20)17-7-3-5-12(17)8-13(18)19/h11-12H,2-10H2,1H3,(H,15,20)(H,18,19). The van der Waals surface area contributed by atoms with E-state index in [-0.39, 0.29) is 18.5 Å². The molecule has 2 rings (SSSR count). The average molecular weight is 283 g/mol. The van der Waals surface area contributed by atoms with Crippen LogP contribution in [0.4, 0.5) is 4.79 Å². The molecule has 2 atom stereocenters. The number of nitrogens with one attached hydrogen (secondary N) is 1. The lowest BCUT2D eigenvalue weighted by atomic mass is 9.98. The number of likely N-dealkylation sites (tertiary alicyclic amines) is 2. The molecule has 0 aromatic rings. The van der Waals surface area contributed by atoms with E-state index < -0.39 is 5.97 Å². The van der Waals surface area contributed by atoms with Crippen molar-refractivity contribution in [1.29, 1.82) is 0 Å². The molecule has 2 heterocycles. The maximum Gasteiger partial charge on any atom is 0.317 e. The summed E-state index contributed by atoms with van der Waals surface area (Å²) in [5, 5.41) is 11.9. The van der Waals surface area contributed by atoms with Gasteiger partial charge in [0.05, 0.1) is 6.42 Å². The zero-order chi connectivity index (χ0) is 14.5. The molecule has 2 aliphatic heterocycles. The molecule has 2 N–H and O–H groups in total. The fraction of sp³-hybridized carbons (Fsp3) is 0.857. The predicted molar refractivity (Wildman–Crippen MR) is 75.6 cm³/mol. The third-order valence-corrected chi connectivity index (χ3v) is 4.31. The molecule has 0 saturated carbocycles. The Hall–Kier alpha value is -1.30. The van der Waals surface area contributed by atoms with Crippen molar-refractivity contribution in [2.75, 3.05) is 33.2 Å². The van der Waals surface area contributed by atoms with Gasteiger partial charge in [0, 0.05) is 25.7 Å². The van der Waals surface area contributed by atoms with E-state index in [4.69, 9.17) is 5.11 Å². The predicted octanol–water partition coefficient (Wildman–Crippen LogP) is 0.977. The first-order chi connectivity index (χ1) is 9.56. The van der Waals surface area contributed by atoms with Crippen LogP contribution < -0.4 is 5.32 Å². The maximum atomic E-state index is 12.2. The monoisotopic (exact) mass is 283 g/mol. The molecule has 0 aromatic heterocycles. The quantitative estimate of drug-likeness (QED) is 0.806. The zero-order valence-electron chi connectivity index (χ0n) is 12.2. The lowest BCUT2D eigenvalue weighted by molar-refractivity contribution is -0.137. The number of carbonyl (C=O) groups is 2. The van der Waals surface area contributed by atoms with E-state index >= 15 is 0 Å². The number of carboxylic acids is 1. The van der Waals surface area contributed by atoms with Gasteiger partial charge in [0.1, 0.15) is 0 Å². The molecule has 0 aromatic carbocycles. The van der Waals surface area contributed by atoms with Crippen LogP contribution in [0.3, 0.4) is 0 Å². The van der Waals surface area contributed by atoms with Gasteiger partial charge in [0.2, 0.25) is 0 Å². The van der Waals surface area contributed by atoms with Crippen LogP contribution in [0.15, 0.2) is 0 Å². The largest absolute Gasteiger partial charge is 0.481 e. The molecule has 20 heavy (non-hydrogen) atoms. The summed E-state index contributed by atoms with van der Waals surface area (Å²) < 4.78 is 0. The number of carboxylic acid groups (broad SMARTS) is 1. The molecule has 2 aliphatic rings. The number of rotatable bonds is 4. The molecule has 0 aliphatic carbocycles. The lowest BCUT2D eigenvalue weighted by Crippen LogP contribution is -2.46. The fourth-order valence-electron chi connectivity index (χ4n) is 3.29. The minimum Gasteiger partial charge on any atom is -0.481 e. The molecule has 0 radical (unpaired) electrons. The molecule has 2 saturated heterocycles. The second-order valence-corrected chi connectivity index (χ2v) is 6.04. The number of aliphatic carboxylic acids is 1. The van der Waals surface area contributed by atoms with Crippen LogP contribution in [0.5, 0.6) is 0 Å². The van der Waals surface area contributed by atoms with E-state index in [0.29, 0.717) is 19.0 Å². The number of hydrogen-bond donors (Lipinski definition) is 2. The molecule has 114 valence electrons. The Morgan fingerprint density at radius 2 is 2.00 bits per heavy atom. The second-order valence-electron chi connectivity index (χ2n) is 6.04. The third kappa shape index (κ3) is 4.10. The van der Waals surface area contributed by atoms with Crippen LogP contribution in [0, 0.1) is 5.92 Å². The first kappa shape index (κ1) is 15.1. The van der Waals surface area contributed by atoms with Crippen LogP contribution in [-0.4, -0.2) is 66.2 Å². The van der Waals surface area contributed by atoms with Crippen molar-refractivity contribution in [3.05, 3.63) is 0 Å². The Balaban J connectivity index is 1.77. The van der Waals surface area contributed by atoms with E-state index in [1.807, 2.05) is 0 Å². The molecule has 2 amide bonds. The summed E-state index contributed by atoms with van der Waals surface area (Å²) in [6, 6.07) is -0.233. The first-order valence-corrected chi connectivity index (χ1v) is 7.51. The number of urea groups is 1. The average Bonchev–Trinajstić information content (AvgIpc) is 2.83. The van der Waals surface area contributed by atoms with Crippen molar-refractivity contribution in [2.24, 2.45) is 5.92 Å². The summed E-state index contributed by atoms with van der Waals surface area (Å²) in [7, 11) is 2.11. The summed E-state index contributed by atoms with van der Waals surface area (Å²) in [4.78, 5) is 27.0. The summed E-state index contributed by atoms with van der Waals surface area (Å²) in [5.41, 5.74) is 0. The van der Waals surface area contributed by atoms with E-state index in [0.717, 1.165) is 32.4 Å². The Labute approximate surface area is 120 Å². The summed E-state index contributed by atoms with van der Waals surface area (Å²) in [6.07, 6.45) is 4.09. The fourth-order valence-corrected chi connectivity index (χ4v) is 3.29. The Kier molecular flexibility index (Phi) is 5.23. The van der Waals surface area contributed by atoms with Crippen LogP contribution in [0.1, 0.15) is 32.1 Å². The van der Waals surface area contributed by atoms with Crippen molar-refractivity contribution in [3.8, 4) is 0 Å². The lowest BCUT2D eigenvalue weighted by Gasteiger charge is -2.31. The van der Waals surface area contributed by atoms with Gasteiger partial charge < -0.3 is 20.2 Å². The molecular formula is C14H25N3O3. The van der Waals surface area contributed by atoms with Crippen molar-refractivity contribution in [3.63, 3.8) is 0 Å². The summed E-state index contributed by atoms with van der Waals surface area (Å²) >= 11 is 0. The minimum atomic E-state index is -0.830. The normalized spacial score (nSPS) is 27.6. The summed E-state index contributed by atoms with van der Waals surface area (Å²) in [5.74, 6) is -0.318. The highest BCUT2D eigenvalue weighted by atomic mass is 16.4. The van der Waals surface area contributed by atoms with Gasteiger partial charge >= 0.3 is 12.0 Å². The van der Waals surface area contributed by atoms with Crippen molar-refractivity contribution in [1.82, 2.24) is 15.1 Å². The van der Waals surface area contributed by atoms with E-state index in [1.54, 1.807) is 4.90 Å². The molecule has 2 unspecified atom stereocenters. The van der Waals surface area contributed by atoms with Crippen LogP contribution >= 0.6 is 0 Å². The first-order valence-electron chi connectivity index (χ1n) is 7.51. The zero-order valence-corrected chi connectivity index (χ0v) is 12.2. The van der Waals surface area contributed by atoms with Crippen LogP contribution in [-0.2, 0) is 4.79 Å². The second kappa shape index (κ2) is 6.92. The highest BCUT2D eigenvalue weighted by Crippen LogP contribution is 2.20. The van der Waals surface area contributed by atoms with Crippen LogP contribution in [0.2, 0.25) is 0 Å². The molecule has 6 heteroatoms. The van der Waals surface area contributed by atoms with Crippen molar-refractivity contribution in [2.45, 2.75) is 38.1 Å². The minimum absolute atomic E-state index is 0.0551. The highest BCUT2D eigenvalue weighted by molar-refractivity contribution is 5.76. The smallest absolute Gasteiger partial charge is 0.317 e. The van der Waals surface area contributed by atoms with Crippen molar-refractivity contribution >= 4 is 12.0 Å². The summed E-state index contributed by atoms with van der Waals surface area (Å²) in [6.45, 7) is 3.53. The number of hydrogen-bond acceptors (Lipinski definition) is 3. The van der Waals surface area contributed by atoms with Gasteiger partial charge in [-0.15, -0.1) is 0 Å². The van der Waals surface area contributed by atoms with E-state index in [2.05, 4.69) is 17.3 Å². The number of carbonyl (C=O) groups excluding carboxylic acids is 1. The third-order valence-electron chi connectivity index (χ3n) is 4.31. The molecule has 0 bridgehead atoms. The van der Waals surface area contributed by atoms with E-state index in [9.17, 15) is 9.59 Å². The molecule has 2 fully saturated rings. The Bertz CT molecular complexity index is 362. The SMILES string of the molecule is CN1CCCC(CNC(=O)N2CCCC2CC(=O)O)C1. The van der Waals surface area contributed by atoms with Crippen LogP contribution in [0.25, 0.3) is 0 Å². The van der Waals surface area contributed by atoms with Gasteiger partial charge in [0.15, 0.2) is 0 Å². The Morgan fingerprint density at radius 3 is 2.70 bits per heavy atom. The van der Waals surface area contributed by atoms with Gasteiger partial charge in [-0.2, -0.15) is 0 Å². The van der Waals surface area contributed by atoms with Gasteiger partial charge in [-0.1, -0.05) is 0 Å². The van der Waals surface area contributed by atoms with Gasteiger partial charge in [0.25, 0.3) is 0 Å². The van der Waals surface area contributed by atoms with Gasteiger partial charge in [-0.05, 0) is 45.2 Å².